The van der Waals surface area contributed by atoms with Gasteiger partial charge in [0.1, 0.15) is 5.75 Å². The van der Waals surface area contributed by atoms with Crippen molar-refractivity contribution in [1.29, 1.82) is 0 Å². The summed E-state index contributed by atoms with van der Waals surface area (Å²) in [6.07, 6.45) is 3.29. The van der Waals surface area contributed by atoms with Crippen molar-refractivity contribution >= 4 is 24.2 Å². The molecule has 0 fully saturated rings. The molecule has 0 amide bonds. The molecule has 2 rings (SSSR count). The molecule has 2 aromatic rings. The Hall–Kier alpha value is -1.20. The molecule has 0 aliphatic carbocycles. The van der Waals surface area contributed by atoms with Crippen molar-refractivity contribution in [1.82, 2.24) is 15.0 Å². The number of hydrogen-bond donors (Lipinski definition) is 1. The summed E-state index contributed by atoms with van der Waals surface area (Å²) in [5.74, 6) is 0.647. The minimum atomic E-state index is 0.548. The minimum absolute atomic E-state index is 0.548. The normalized spacial score (nSPS) is 10.3. The summed E-state index contributed by atoms with van der Waals surface area (Å²) in [7, 11) is 1.58. The Bertz CT molecular complexity index is 472. The van der Waals surface area contributed by atoms with Crippen molar-refractivity contribution in [2.75, 3.05) is 7.11 Å². The lowest BCUT2D eigenvalue weighted by atomic mass is 10.3. The fraction of sp³-hybridized carbons (Fsp3) is 0.111. The van der Waals surface area contributed by atoms with Gasteiger partial charge >= 0.3 is 0 Å². The molecular weight excluding hydrogens is 234 g/mol. The van der Waals surface area contributed by atoms with Crippen LogP contribution in [-0.2, 0) is 0 Å². The van der Waals surface area contributed by atoms with E-state index in [-0.39, 0.29) is 0 Å². The summed E-state index contributed by atoms with van der Waals surface area (Å²) in [5.41, 5.74) is 0.712. The molecule has 0 saturated heterocycles. The zero-order valence-corrected chi connectivity index (χ0v) is 9.53. The van der Waals surface area contributed by atoms with Crippen LogP contribution in [0.25, 0.3) is 5.69 Å². The Kier molecular flexibility index (Phi) is 2.83. The molecule has 0 aliphatic heterocycles. The lowest BCUT2D eigenvalue weighted by molar-refractivity contribution is 0.404. The van der Waals surface area contributed by atoms with Gasteiger partial charge < -0.3 is 4.74 Å². The summed E-state index contributed by atoms with van der Waals surface area (Å²) in [4.78, 5) is 0.686. The second-order valence-electron chi connectivity index (χ2n) is 2.82. The van der Waals surface area contributed by atoms with Crippen molar-refractivity contribution in [3.05, 3.63) is 29.5 Å². The Morgan fingerprint density at radius 2 is 2.27 bits per heavy atom. The third-order valence-electron chi connectivity index (χ3n) is 1.92. The van der Waals surface area contributed by atoms with Gasteiger partial charge in [0.15, 0.2) is 0 Å². The number of halogens is 1. The van der Waals surface area contributed by atoms with Crippen LogP contribution in [-0.4, -0.2) is 22.1 Å². The van der Waals surface area contributed by atoms with E-state index in [9.17, 15) is 0 Å². The molecule has 78 valence electrons. The summed E-state index contributed by atoms with van der Waals surface area (Å²) in [5, 5.41) is 8.11. The number of hydrogen-bond acceptors (Lipinski definition) is 4. The standard InChI is InChI=1S/C9H8ClN3OS/c1-14-8-5-7(6(10)4-9(8)15)13-3-2-11-12-13/h2-5,15H,1H3. The monoisotopic (exact) mass is 241 g/mol. The van der Waals surface area contributed by atoms with E-state index in [4.69, 9.17) is 16.3 Å². The number of thiol groups is 1. The number of benzene rings is 1. The lowest BCUT2D eigenvalue weighted by Crippen LogP contribution is -1.97. The Balaban J connectivity index is 2.57. The largest absolute Gasteiger partial charge is 0.496 e. The van der Waals surface area contributed by atoms with Gasteiger partial charge in [-0.15, -0.1) is 17.7 Å². The predicted molar refractivity (Wildman–Crippen MR) is 60.2 cm³/mol. The van der Waals surface area contributed by atoms with E-state index in [1.807, 2.05) is 0 Å². The van der Waals surface area contributed by atoms with Crippen LogP contribution in [0.3, 0.4) is 0 Å². The molecule has 4 nitrogen and oxygen atoms in total. The first kappa shape index (κ1) is 10.3. The van der Waals surface area contributed by atoms with Crippen LogP contribution in [0.2, 0.25) is 5.02 Å². The molecule has 6 heteroatoms. The average Bonchev–Trinajstić information content (AvgIpc) is 2.71. The molecule has 0 spiro atoms. The van der Waals surface area contributed by atoms with E-state index in [1.165, 1.54) is 0 Å². The van der Waals surface area contributed by atoms with Gasteiger partial charge in [-0.2, -0.15) is 0 Å². The molecule has 0 radical (unpaired) electrons. The molecule has 0 N–H and O–H groups in total. The first-order valence-corrected chi connectivity index (χ1v) is 4.98. The Morgan fingerprint density at radius 1 is 1.47 bits per heavy atom. The number of methoxy groups -OCH3 is 1. The molecular formula is C9H8ClN3OS. The van der Waals surface area contributed by atoms with E-state index in [0.29, 0.717) is 21.4 Å². The van der Waals surface area contributed by atoms with Gasteiger partial charge in [0.05, 0.1) is 30.2 Å². The Morgan fingerprint density at radius 3 is 2.87 bits per heavy atom. The lowest BCUT2D eigenvalue weighted by Gasteiger charge is -2.08. The second-order valence-corrected chi connectivity index (χ2v) is 3.71. The van der Waals surface area contributed by atoms with Crippen molar-refractivity contribution in [3.63, 3.8) is 0 Å². The molecule has 1 aromatic carbocycles. The van der Waals surface area contributed by atoms with Gasteiger partial charge in [-0.25, -0.2) is 4.68 Å². The van der Waals surface area contributed by atoms with Gasteiger partial charge in [-0.05, 0) is 6.07 Å². The quantitative estimate of drug-likeness (QED) is 0.820. The van der Waals surface area contributed by atoms with Gasteiger partial charge in [0.2, 0.25) is 0 Å². The molecule has 1 aromatic heterocycles. The van der Waals surface area contributed by atoms with Crippen LogP contribution in [0.15, 0.2) is 29.4 Å². The topological polar surface area (TPSA) is 39.9 Å². The van der Waals surface area contributed by atoms with E-state index < -0.39 is 0 Å². The molecule has 0 unspecified atom stereocenters. The highest BCUT2D eigenvalue weighted by Crippen LogP contribution is 2.31. The summed E-state index contributed by atoms with van der Waals surface area (Å²) >= 11 is 10.3. The van der Waals surface area contributed by atoms with Crippen molar-refractivity contribution < 1.29 is 4.74 Å². The third-order valence-corrected chi connectivity index (χ3v) is 2.57. The van der Waals surface area contributed by atoms with Crippen LogP contribution >= 0.6 is 24.2 Å². The minimum Gasteiger partial charge on any atom is -0.496 e. The highest BCUT2D eigenvalue weighted by Gasteiger charge is 2.08. The van der Waals surface area contributed by atoms with Crippen LogP contribution in [0.4, 0.5) is 0 Å². The molecule has 0 bridgehead atoms. The maximum atomic E-state index is 6.06. The summed E-state index contributed by atoms with van der Waals surface area (Å²) in [6.45, 7) is 0. The fourth-order valence-corrected chi connectivity index (χ4v) is 1.82. The maximum absolute atomic E-state index is 6.06. The highest BCUT2D eigenvalue weighted by atomic mass is 35.5. The maximum Gasteiger partial charge on any atom is 0.134 e. The third kappa shape index (κ3) is 1.93. The second kappa shape index (κ2) is 4.12. The molecule has 15 heavy (non-hydrogen) atoms. The van der Waals surface area contributed by atoms with E-state index in [2.05, 4.69) is 22.9 Å². The van der Waals surface area contributed by atoms with Crippen LogP contribution in [0.5, 0.6) is 5.75 Å². The highest BCUT2D eigenvalue weighted by molar-refractivity contribution is 7.80. The molecule has 0 aliphatic rings. The molecule has 0 saturated carbocycles. The number of nitrogens with zero attached hydrogens (tertiary/aromatic N) is 3. The first-order chi connectivity index (χ1) is 7.22. The van der Waals surface area contributed by atoms with Gasteiger partial charge in [-0.3, -0.25) is 0 Å². The van der Waals surface area contributed by atoms with Gasteiger partial charge in [0, 0.05) is 11.0 Å². The summed E-state index contributed by atoms with van der Waals surface area (Å²) in [6, 6.07) is 3.47. The van der Waals surface area contributed by atoms with Crippen LogP contribution in [0, 0.1) is 0 Å². The number of aromatic nitrogens is 3. The van der Waals surface area contributed by atoms with E-state index >= 15 is 0 Å². The number of ether oxygens (including phenoxy) is 1. The van der Waals surface area contributed by atoms with Crippen molar-refractivity contribution in [2.45, 2.75) is 4.90 Å². The SMILES string of the molecule is COc1cc(-n2ccnn2)c(Cl)cc1S. The molecule has 1 heterocycles. The van der Waals surface area contributed by atoms with E-state index in [0.717, 1.165) is 0 Å². The smallest absolute Gasteiger partial charge is 0.134 e. The van der Waals surface area contributed by atoms with Gasteiger partial charge in [-0.1, -0.05) is 16.8 Å². The zero-order valence-electron chi connectivity index (χ0n) is 7.88. The van der Waals surface area contributed by atoms with Crippen molar-refractivity contribution in [3.8, 4) is 11.4 Å². The van der Waals surface area contributed by atoms with Gasteiger partial charge in [0.25, 0.3) is 0 Å². The number of rotatable bonds is 2. The average molecular weight is 242 g/mol. The molecule has 0 atom stereocenters. The summed E-state index contributed by atoms with van der Waals surface area (Å²) < 4.78 is 6.71. The van der Waals surface area contributed by atoms with Crippen molar-refractivity contribution in [2.24, 2.45) is 0 Å². The Labute approximate surface area is 97.2 Å². The predicted octanol–water partition coefficient (Wildman–Crippen LogP) is 2.22. The zero-order chi connectivity index (χ0) is 10.8. The first-order valence-electron chi connectivity index (χ1n) is 4.15. The van der Waals surface area contributed by atoms with E-state index in [1.54, 1.807) is 36.3 Å². The fourth-order valence-electron chi connectivity index (χ4n) is 1.21. The van der Waals surface area contributed by atoms with Crippen LogP contribution < -0.4 is 4.74 Å². The van der Waals surface area contributed by atoms with Crippen LogP contribution in [0.1, 0.15) is 0 Å².